The monoisotopic (exact) mass is 291 g/mol. The summed E-state index contributed by atoms with van der Waals surface area (Å²) in [5.74, 6) is -0.273. The van der Waals surface area contributed by atoms with E-state index in [0.717, 1.165) is 9.35 Å². The third-order valence-electron chi connectivity index (χ3n) is 1.91. The molecule has 0 aliphatic carbocycles. The number of hydrogen-bond acceptors (Lipinski definition) is 3. The lowest BCUT2D eigenvalue weighted by Gasteiger charge is -2.24. The average molecular weight is 292 g/mol. The summed E-state index contributed by atoms with van der Waals surface area (Å²) in [6.07, 6.45) is 0. The van der Waals surface area contributed by atoms with E-state index in [-0.39, 0.29) is 5.91 Å². The van der Waals surface area contributed by atoms with Gasteiger partial charge in [0, 0.05) is 13.6 Å². The van der Waals surface area contributed by atoms with Crippen LogP contribution in [0.15, 0.2) is 15.2 Å². The van der Waals surface area contributed by atoms with Gasteiger partial charge in [0.1, 0.15) is 5.60 Å². The summed E-state index contributed by atoms with van der Waals surface area (Å²) >= 11 is 4.95. The van der Waals surface area contributed by atoms with Crippen molar-refractivity contribution in [1.29, 1.82) is 0 Å². The molecule has 1 aromatic rings. The first-order valence-corrected chi connectivity index (χ1v) is 6.19. The Bertz CT molecular complexity index is 357. The molecular formula is C10H14BrNO2S. The van der Waals surface area contributed by atoms with Crippen molar-refractivity contribution in [3.05, 3.63) is 20.8 Å². The lowest BCUT2D eigenvalue weighted by atomic mass is 10.1. The highest BCUT2D eigenvalue weighted by atomic mass is 79.9. The van der Waals surface area contributed by atoms with Gasteiger partial charge in [-0.05, 0) is 46.8 Å². The standard InChI is InChI=1S/C10H14BrNO2S/c1-10(2,14)9(13)12(3)5-7-4-8(11)15-6-7/h4,6,14H,5H2,1-3H3. The maximum Gasteiger partial charge on any atom is 0.253 e. The minimum atomic E-state index is -1.30. The van der Waals surface area contributed by atoms with Crippen LogP contribution in [0.5, 0.6) is 0 Å². The second kappa shape index (κ2) is 4.63. The number of likely N-dealkylation sites (N-methyl/N-ethyl adjacent to an activating group) is 1. The van der Waals surface area contributed by atoms with Gasteiger partial charge in [-0.25, -0.2) is 0 Å². The van der Waals surface area contributed by atoms with E-state index in [9.17, 15) is 9.90 Å². The number of amides is 1. The van der Waals surface area contributed by atoms with Crippen molar-refractivity contribution in [2.24, 2.45) is 0 Å². The Morgan fingerprint density at radius 2 is 2.27 bits per heavy atom. The van der Waals surface area contributed by atoms with Crippen molar-refractivity contribution < 1.29 is 9.90 Å². The summed E-state index contributed by atoms with van der Waals surface area (Å²) in [5.41, 5.74) is -0.242. The topological polar surface area (TPSA) is 40.5 Å². The number of carbonyl (C=O) groups excluding carboxylic acids is 1. The number of aliphatic hydroxyl groups is 1. The minimum absolute atomic E-state index is 0.273. The van der Waals surface area contributed by atoms with Crippen LogP contribution in [0.4, 0.5) is 0 Å². The first kappa shape index (κ1) is 12.7. The summed E-state index contributed by atoms with van der Waals surface area (Å²) in [6, 6.07) is 1.97. The summed E-state index contributed by atoms with van der Waals surface area (Å²) in [6.45, 7) is 3.51. The maximum atomic E-state index is 11.6. The maximum absolute atomic E-state index is 11.6. The molecule has 0 aromatic carbocycles. The van der Waals surface area contributed by atoms with E-state index < -0.39 is 5.60 Å². The molecular weight excluding hydrogens is 278 g/mol. The van der Waals surface area contributed by atoms with Crippen molar-refractivity contribution in [3.8, 4) is 0 Å². The number of hydrogen-bond donors (Lipinski definition) is 1. The zero-order valence-corrected chi connectivity index (χ0v) is 11.4. The summed E-state index contributed by atoms with van der Waals surface area (Å²) in [4.78, 5) is 13.2. The van der Waals surface area contributed by atoms with Crippen LogP contribution in [0.1, 0.15) is 19.4 Å². The van der Waals surface area contributed by atoms with Gasteiger partial charge in [-0.3, -0.25) is 4.79 Å². The van der Waals surface area contributed by atoms with Crippen LogP contribution in [0.2, 0.25) is 0 Å². The highest BCUT2D eigenvalue weighted by Crippen LogP contribution is 2.22. The fraction of sp³-hybridized carbons (Fsp3) is 0.500. The molecule has 1 N–H and O–H groups in total. The van der Waals surface area contributed by atoms with Gasteiger partial charge in [0.25, 0.3) is 5.91 Å². The van der Waals surface area contributed by atoms with E-state index in [1.165, 1.54) is 18.7 Å². The number of thiophene rings is 1. The smallest absolute Gasteiger partial charge is 0.253 e. The first-order chi connectivity index (χ1) is 6.80. The molecule has 5 heteroatoms. The van der Waals surface area contributed by atoms with Gasteiger partial charge >= 0.3 is 0 Å². The normalized spacial score (nSPS) is 11.5. The molecule has 84 valence electrons. The average Bonchev–Trinajstić information content (AvgIpc) is 2.48. The molecule has 0 saturated carbocycles. The highest BCUT2D eigenvalue weighted by molar-refractivity contribution is 9.11. The quantitative estimate of drug-likeness (QED) is 0.928. The van der Waals surface area contributed by atoms with E-state index in [0.29, 0.717) is 6.54 Å². The van der Waals surface area contributed by atoms with E-state index in [1.54, 1.807) is 18.4 Å². The molecule has 0 aliphatic rings. The van der Waals surface area contributed by atoms with Crippen LogP contribution in [0.25, 0.3) is 0 Å². The van der Waals surface area contributed by atoms with Crippen molar-refractivity contribution in [3.63, 3.8) is 0 Å². The minimum Gasteiger partial charge on any atom is -0.381 e. The van der Waals surface area contributed by atoms with Crippen LogP contribution in [-0.2, 0) is 11.3 Å². The third-order valence-corrected chi connectivity index (χ3v) is 3.46. The molecule has 0 atom stereocenters. The summed E-state index contributed by atoms with van der Waals surface area (Å²) in [5, 5.41) is 11.5. The van der Waals surface area contributed by atoms with Crippen LogP contribution >= 0.6 is 27.3 Å². The zero-order chi connectivity index (χ0) is 11.6. The molecule has 0 radical (unpaired) electrons. The second-order valence-electron chi connectivity index (χ2n) is 3.98. The molecule has 0 spiro atoms. The van der Waals surface area contributed by atoms with Crippen molar-refractivity contribution in [2.45, 2.75) is 26.0 Å². The van der Waals surface area contributed by atoms with Crippen molar-refractivity contribution in [2.75, 3.05) is 7.05 Å². The van der Waals surface area contributed by atoms with Gasteiger partial charge < -0.3 is 10.0 Å². The Balaban J connectivity index is 2.64. The molecule has 1 amide bonds. The molecule has 0 saturated heterocycles. The van der Waals surface area contributed by atoms with Gasteiger partial charge in [0.2, 0.25) is 0 Å². The zero-order valence-electron chi connectivity index (χ0n) is 8.95. The number of halogens is 1. The summed E-state index contributed by atoms with van der Waals surface area (Å²) in [7, 11) is 1.69. The largest absolute Gasteiger partial charge is 0.381 e. The molecule has 1 aromatic heterocycles. The molecule has 0 fully saturated rings. The molecule has 0 bridgehead atoms. The van der Waals surface area contributed by atoms with Gasteiger partial charge in [-0.15, -0.1) is 11.3 Å². The second-order valence-corrected chi connectivity index (χ2v) is 6.27. The molecule has 3 nitrogen and oxygen atoms in total. The van der Waals surface area contributed by atoms with Gasteiger partial charge in [-0.1, -0.05) is 0 Å². The molecule has 0 unspecified atom stereocenters. The van der Waals surface area contributed by atoms with Crippen LogP contribution in [-0.4, -0.2) is 28.6 Å². The lowest BCUT2D eigenvalue weighted by molar-refractivity contribution is -0.146. The van der Waals surface area contributed by atoms with E-state index in [4.69, 9.17) is 0 Å². The molecule has 15 heavy (non-hydrogen) atoms. The Kier molecular flexibility index (Phi) is 3.92. The van der Waals surface area contributed by atoms with Crippen LogP contribution in [0.3, 0.4) is 0 Å². The van der Waals surface area contributed by atoms with Crippen LogP contribution < -0.4 is 0 Å². The number of nitrogens with zero attached hydrogens (tertiary/aromatic N) is 1. The molecule has 1 rings (SSSR count). The molecule has 0 aliphatic heterocycles. The van der Waals surface area contributed by atoms with Gasteiger partial charge in [-0.2, -0.15) is 0 Å². The van der Waals surface area contributed by atoms with Crippen LogP contribution in [0, 0.1) is 0 Å². The van der Waals surface area contributed by atoms with Crippen molar-refractivity contribution in [1.82, 2.24) is 4.90 Å². The van der Waals surface area contributed by atoms with Gasteiger partial charge in [0.15, 0.2) is 0 Å². The fourth-order valence-corrected chi connectivity index (χ4v) is 2.44. The van der Waals surface area contributed by atoms with E-state index >= 15 is 0 Å². The van der Waals surface area contributed by atoms with Gasteiger partial charge in [0.05, 0.1) is 3.79 Å². The molecule has 1 heterocycles. The Labute approximate surface area is 102 Å². The SMILES string of the molecule is CN(Cc1csc(Br)c1)C(=O)C(C)(C)O. The van der Waals surface area contributed by atoms with Crippen molar-refractivity contribution >= 4 is 33.2 Å². The van der Waals surface area contributed by atoms with E-state index in [1.807, 2.05) is 11.4 Å². The predicted octanol–water partition coefficient (Wildman–Crippen LogP) is 2.24. The van der Waals surface area contributed by atoms with E-state index in [2.05, 4.69) is 15.9 Å². The number of rotatable bonds is 3. The lowest BCUT2D eigenvalue weighted by Crippen LogP contribution is -2.42. The third kappa shape index (κ3) is 3.59. The predicted molar refractivity (Wildman–Crippen MR) is 64.8 cm³/mol. The summed E-state index contributed by atoms with van der Waals surface area (Å²) < 4.78 is 1.04. The number of carbonyl (C=O) groups is 1. The highest BCUT2D eigenvalue weighted by Gasteiger charge is 2.27. The Morgan fingerprint density at radius 3 is 2.67 bits per heavy atom. The Morgan fingerprint density at radius 1 is 1.67 bits per heavy atom. The first-order valence-electron chi connectivity index (χ1n) is 4.51. The fourth-order valence-electron chi connectivity index (χ4n) is 1.24. The Hall–Kier alpha value is -0.390.